The molecular formula is C12H28N6O8. The molecule has 0 saturated carbocycles. The molecule has 0 amide bonds. The molecule has 0 radical (unpaired) electrons. The lowest BCUT2D eigenvalue weighted by atomic mass is 10.1. The minimum absolute atomic E-state index is 0.111. The Morgan fingerprint density at radius 2 is 1.81 bits per heavy atom. The van der Waals surface area contributed by atoms with Crippen LogP contribution in [0.15, 0.2) is 0 Å². The number of nitrogens with zero attached hydrogens (tertiary/aromatic N) is 2. The molecule has 154 valence electrons. The number of hydrogen-bond acceptors (Lipinski definition) is 12. The summed E-state index contributed by atoms with van der Waals surface area (Å²) in [7, 11) is 0. The fourth-order valence-electron chi connectivity index (χ4n) is 1.87. The van der Waals surface area contributed by atoms with Gasteiger partial charge in [-0.15, -0.1) is 0 Å². The molecule has 14 nitrogen and oxygen atoms in total. The van der Waals surface area contributed by atoms with E-state index in [-0.39, 0.29) is 25.6 Å². The Hall–Kier alpha value is -1.62. The number of nitrogens with two attached hydrogens (primary N) is 2. The Bertz CT molecular complexity index is 400. The van der Waals surface area contributed by atoms with Crippen molar-refractivity contribution in [3.8, 4) is 0 Å². The average Bonchev–Trinajstić information content (AvgIpc) is 2.54. The van der Waals surface area contributed by atoms with E-state index in [1.807, 2.05) is 0 Å². The van der Waals surface area contributed by atoms with Crippen LogP contribution in [0, 0.1) is 5.41 Å². The molecule has 0 aromatic rings. The molecule has 0 rings (SSSR count). The lowest BCUT2D eigenvalue weighted by molar-refractivity contribution is -0.527. The zero-order valence-electron chi connectivity index (χ0n) is 14.3. The summed E-state index contributed by atoms with van der Waals surface area (Å²) in [5, 5.41) is 42.7. The first-order chi connectivity index (χ1) is 12.2. The van der Waals surface area contributed by atoms with Gasteiger partial charge in [0, 0.05) is 6.54 Å². The van der Waals surface area contributed by atoms with Crippen molar-refractivity contribution in [3.63, 3.8) is 0 Å². The molecule has 0 spiro atoms. The van der Waals surface area contributed by atoms with Crippen molar-refractivity contribution in [1.82, 2.24) is 16.1 Å². The molecule has 14 heteroatoms. The predicted octanol–water partition coefficient (Wildman–Crippen LogP) is -1.32. The van der Waals surface area contributed by atoms with Gasteiger partial charge in [0.15, 0.2) is 5.96 Å². The minimum atomic E-state index is -0.876. The third-order valence-electron chi connectivity index (χ3n) is 3.09. The van der Waals surface area contributed by atoms with E-state index in [0.717, 1.165) is 0 Å². The highest BCUT2D eigenvalue weighted by Gasteiger charge is 2.16. The SMILES string of the molecule is N=C(N)NCCCC(N)C(=O)OCCCCC(CON(O)O)ON(O)O. The standard InChI is InChI=1S/C12H28N6O8/c13-10(5-3-6-16-12(14)15)11(19)24-7-2-1-4-9(26-18(22)23)8-25-17(20)21/h9-10,20-23H,1-8,13H2,(H4,14,15,16). The van der Waals surface area contributed by atoms with Crippen LogP contribution in [0.2, 0.25) is 0 Å². The number of rotatable bonds is 15. The van der Waals surface area contributed by atoms with Crippen molar-refractivity contribution >= 4 is 11.9 Å². The lowest BCUT2D eigenvalue weighted by Crippen LogP contribution is -2.35. The third-order valence-corrected chi connectivity index (χ3v) is 3.09. The van der Waals surface area contributed by atoms with Crippen LogP contribution >= 0.6 is 0 Å². The maximum Gasteiger partial charge on any atom is 0.322 e. The molecule has 0 aromatic carbocycles. The average molecular weight is 384 g/mol. The topological polar surface area (TPSA) is 220 Å². The van der Waals surface area contributed by atoms with Crippen molar-refractivity contribution in [2.45, 2.75) is 44.2 Å². The van der Waals surface area contributed by atoms with E-state index in [1.54, 1.807) is 0 Å². The fourth-order valence-corrected chi connectivity index (χ4v) is 1.87. The molecule has 0 aliphatic heterocycles. The smallest absolute Gasteiger partial charge is 0.322 e. The zero-order chi connectivity index (χ0) is 19.9. The summed E-state index contributed by atoms with van der Waals surface area (Å²) >= 11 is 0. The van der Waals surface area contributed by atoms with E-state index >= 15 is 0 Å². The first kappa shape index (κ1) is 24.4. The summed E-state index contributed by atoms with van der Waals surface area (Å²) in [5.74, 6) is -0.693. The van der Waals surface area contributed by atoms with Gasteiger partial charge >= 0.3 is 5.97 Å². The highest BCUT2D eigenvalue weighted by Crippen LogP contribution is 2.08. The van der Waals surface area contributed by atoms with Crippen molar-refractivity contribution in [2.24, 2.45) is 11.5 Å². The number of hydrogen-bond donors (Lipinski definition) is 8. The molecule has 2 atom stereocenters. The summed E-state index contributed by atoms with van der Waals surface area (Å²) in [4.78, 5) is 20.6. The van der Waals surface area contributed by atoms with Crippen LogP contribution in [0.4, 0.5) is 0 Å². The number of carbonyl (C=O) groups excluding carboxylic acids is 1. The molecule has 0 saturated heterocycles. The third kappa shape index (κ3) is 14.7. The van der Waals surface area contributed by atoms with Crippen molar-refractivity contribution in [1.29, 1.82) is 5.41 Å². The van der Waals surface area contributed by atoms with Gasteiger partial charge in [0.1, 0.15) is 18.8 Å². The Kier molecular flexibility index (Phi) is 13.6. The summed E-state index contributed by atoms with van der Waals surface area (Å²) in [5.41, 5.74) is 10.8. The first-order valence-electron chi connectivity index (χ1n) is 7.88. The van der Waals surface area contributed by atoms with Crippen molar-refractivity contribution in [2.75, 3.05) is 19.8 Å². The van der Waals surface area contributed by atoms with Gasteiger partial charge in [-0.1, -0.05) is 0 Å². The van der Waals surface area contributed by atoms with Gasteiger partial charge in [-0.25, -0.2) is 9.68 Å². The van der Waals surface area contributed by atoms with Crippen LogP contribution in [0.3, 0.4) is 0 Å². The van der Waals surface area contributed by atoms with E-state index in [4.69, 9.17) is 42.4 Å². The molecule has 26 heavy (non-hydrogen) atoms. The summed E-state index contributed by atoms with van der Waals surface area (Å²) in [6, 6.07) is -0.773. The Labute approximate surface area is 150 Å². The van der Waals surface area contributed by atoms with Gasteiger partial charge in [0.25, 0.3) is 0 Å². The highest BCUT2D eigenvalue weighted by molar-refractivity contribution is 5.75. The van der Waals surface area contributed by atoms with Gasteiger partial charge in [-0.2, -0.15) is 0 Å². The Morgan fingerprint density at radius 1 is 1.12 bits per heavy atom. The van der Waals surface area contributed by atoms with Gasteiger partial charge in [-0.05, 0) is 32.1 Å². The molecule has 0 bridgehead atoms. The summed E-state index contributed by atoms with van der Waals surface area (Å²) < 4.78 is 5.02. The molecule has 0 aliphatic carbocycles. The minimum Gasteiger partial charge on any atom is -0.465 e. The second-order valence-electron chi connectivity index (χ2n) is 5.28. The molecule has 0 fully saturated rings. The largest absolute Gasteiger partial charge is 0.465 e. The quantitative estimate of drug-likeness (QED) is 0.0540. The maximum absolute atomic E-state index is 11.7. The van der Waals surface area contributed by atoms with Crippen LogP contribution in [-0.2, 0) is 19.2 Å². The number of ether oxygens (including phenoxy) is 1. The van der Waals surface area contributed by atoms with Crippen LogP contribution in [0.5, 0.6) is 0 Å². The molecule has 2 unspecified atom stereocenters. The number of nitrogens with one attached hydrogen (secondary N) is 2. The van der Waals surface area contributed by atoms with Crippen LogP contribution in [0.1, 0.15) is 32.1 Å². The number of guanidine groups is 1. The van der Waals surface area contributed by atoms with Gasteiger partial charge < -0.3 is 21.5 Å². The van der Waals surface area contributed by atoms with Gasteiger partial charge in [0.2, 0.25) is 0 Å². The Balaban J connectivity index is 3.85. The van der Waals surface area contributed by atoms with E-state index in [2.05, 4.69) is 15.0 Å². The fraction of sp³-hybridized carbons (Fsp3) is 0.833. The molecule has 0 aliphatic rings. The monoisotopic (exact) mass is 384 g/mol. The Morgan fingerprint density at radius 3 is 2.38 bits per heavy atom. The number of carbonyl (C=O) groups is 1. The number of unbranched alkanes of at least 4 members (excludes halogenated alkanes) is 1. The first-order valence-corrected chi connectivity index (χ1v) is 7.88. The second kappa shape index (κ2) is 14.5. The normalized spacial score (nSPS) is 13.7. The zero-order valence-corrected chi connectivity index (χ0v) is 14.3. The molecule has 0 aromatic heterocycles. The number of esters is 1. The molecule has 0 heterocycles. The van der Waals surface area contributed by atoms with Crippen molar-refractivity contribution < 1.29 is 40.0 Å². The van der Waals surface area contributed by atoms with Crippen LogP contribution < -0.4 is 16.8 Å². The van der Waals surface area contributed by atoms with E-state index < -0.39 is 28.9 Å². The van der Waals surface area contributed by atoms with Crippen LogP contribution in [-0.4, -0.2) is 75.4 Å². The predicted molar refractivity (Wildman–Crippen MR) is 83.6 cm³/mol. The maximum atomic E-state index is 11.7. The van der Waals surface area contributed by atoms with Gasteiger partial charge in [-0.3, -0.25) is 31.0 Å². The van der Waals surface area contributed by atoms with E-state index in [0.29, 0.717) is 32.2 Å². The van der Waals surface area contributed by atoms with Gasteiger partial charge in [0.05, 0.1) is 17.4 Å². The lowest BCUT2D eigenvalue weighted by Gasteiger charge is -2.19. The van der Waals surface area contributed by atoms with E-state index in [9.17, 15) is 4.79 Å². The summed E-state index contributed by atoms with van der Waals surface area (Å²) in [6.45, 7) is 0.190. The van der Waals surface area contributed by atoms with Crippen molar-refractivity contribution in [3.05, 3.63) is 0 Å². The summed E-state index contributed by atoms with van der Waals surface area (Å²) in [6.07, 6.45) is 1.23. The highest BCUT2D eigenvalue weighted by atomic mass is 17.1. The van der Waals surface area contributed by atoms with Crippen LogP contribution in [0.25, 0.3) is 0 Å². The molecule has 10 N–H and O–H groups in total. The molecular weight excluding hydrogens is 356 g/mol. The van der Waals surface area contributed by atoms with E-state index in [1.165, 1.54) is 0 Å². The second-order valence-corrected chi connectivity index (χ2v) is 5.28.